The van der Waals surface area contributed by atoms with Crippen molar-refractivity contribution in [3.63, 3.8) is 0 Å². The van der Waals surface area contributed by atoms with E-state index in [9.17, 15) is 19.0 Å². The number of rotatable bonds is 11. The third-order valence-corrected chi connectivity index (χ3v) is 10.0. The molecule has 6 N–H and O–H groups in total. The number of anilines is 2. The zero-order valence-electron chi connectivity index (χ0n) is 24.1. The number of aliphatic hydroxyl groups excluding tert-OH is 1. The van der Waals surface area contributed by atoms with E-state index < -0.39 is 68.7 Å². The molecule has 250 valence electrons. The minimum Gasteiger partial charge on any atom is -0.387 e. The summed E-state index contributed by atoms with van der Waals surface area (Å²) in [5, 5.41) is 11.2. The SMILES string of the molecule is CO[C@H]1[C@@H](n2cnc3c(N)ncnc32)O[C@](C)(COP(=O)(S)O[C@@H]2C[C@@H](CO[PH](=O)S)O[C@H]2n2cnc3c(=O)[nH]c(N)nc32)[C@H]1O. The van der Waals surface area contributed by atoms with Crippen LogP contribution in [-0.4, -0.2) is 94.5 Å². The van der Waals surface area contributed by atoms with Crippen molar-refractivity contribution in [3.8, 4) is 0 Å². The molecule has 20 nitrogen and oxygen atoms in total. The van der Waals surface area contributed by atoms with E-state index in [4.69, 9.17) is 39.2 Å². The van der Waals surface area contributed by atoms with Crippen LogP contribution < -0.4 is 17.0 Å². The highest BCUT2D eigenvalue weighted by Gasteiger charge is 2.54. The van der Waals surface area contributed by atoms with Crippen LogP contribution in [-0.2, 0) is 36.9 Å². The molecule has 0 aliphatic carbocycles. The highest BCUT2D eigenvalue weighted by atomic mass is 32.7. The Morgan fingerprint density at radius 2 is 1.91 bits per heavy atom. The number of nitrogens with zero attached hydrogens (tertiary/aromatic N) is 7. The van der Waals surface area contributed by atoms with Crippen molar-refractivity contribution in [1.82, 2.24) is 39.0 Å². The summed E-state index contributed by atoms with van der Waals surface area (Å²) >= 11 is 7.97. The van der Waals surface area contributed by atoms with Gasteiger partial charge >= 0.3 is 6.80 Å². The molecular weight excluding hydrogens is 690 g/mol. The van der Waals surface area contributed by atoms with Crippen molar-refractivity contribution in [3.05, 3.63) is 29.3 Å². The largest absolute Gasteiger partial charge is 0.387 e. The Bertz CT molecular complexity index is 1890. The average Bonchev–Trinajstić information content (AvgIpc) is 3.76. The number of nitrogens with two attached hydrogens (primary N) is 2. The first-order valence-corrected chi connectivity index (χ1v) is 18.8. The minimum absolute atomic E-state index is 0.0238. The fourth-order valence-corrected chi connectivity index (χ4v) is 7.52. The van der Waals surface area contributed by atoms with Crippen molar-refractivity contribution in [2.75, 3.05) is 31.8 Å². The Labute approximate surface area is 270 Å². The number of nitrogen functional groups attached to an aromatic ring is 2. The van der Waals surface area contributed by atoms with E-state index >= 15 is 0 Å². The van der Waals surface area contributed by atoms with Gasteiger partial charge in [0.1, 0.15) is 35.8 Å². The molecule has 6 rings (SSSR count). The molecule has 9 atom stereocenters. The summed E-state index contributed by atoms with van der Waals surface area (Å²) in [4.78, 5) is 35.3. The van der Waals surface area contributed by atoms with Crippen LogP contribution in [0.15, 0.2) is 23.8 Å². The lowest BCUT2D eigenvalue weighted by Gasteiger charge is -2.29. The third kappa shape index (κ3) is 6.31. The van der Waals surface area contributed by atoms with Crippen LogP contribution >= 0.6 is 38.5 Å². The van der Waals surface area contributed by atoms with Crippen LogP contribution in [0.1, 0.15) is 25.8 Å². The molecule has 46 heavy (non-hydrogen) atoms. The van der Waals surface area contributed by atoms with E-state index in [2.05, 4.69) is 54.4 Å². The zero-order chi connectivity index (χ0) is 33.0. The van der Waals surface area contributed by atoms with E-state index in [1.807, 2.05) is 0 Å². The van der Waals surface area contributed by atoms with Gasteiger partial charge in [-0.1, -0.05) is 24.5 Å². The van der Waals surface area contributed by atoms with Gasteiger partial charge in [0.2, 0.25) is 13.2 Å². The van der Waals surface area contributed by atoms with Crippen molar-refractivity contribution < 1.29 is 42.0 Å². The molecule has 4 aromatic rings. The fourth-order valence-electron chi connectivity index (χ4n) is 5.42. The van der Waals surface area contributed by atoms with Crippen LogP contribution in [0.5, 0.6) is 0 Å². The molecule has 0 radical (unpaired) electrons. The molecule has 2 fully saturated rings. The van der Waals surface area contributed by atoms with Crippen molar-refractivity contribution in [2.45, 2.75) is 55.8 Å². The smallest absolute Gasteiger partial charge is 0.386 e. The summed E-state index contributed by atoms with van der Waals surface area (Å²) in [6.45, 7) is -3.28. The van der Waals surface area contributed by atoms with E-state index in [-0.39, 0.29) is 36.0 Å². The van der Waals surface area contributed by atoms with Gasteiger partial charge in [0.15, 0.2) is 35.1 Å². The topological polar surface area (TPSA) is 269 Å². The number of nitrogens with one attached hydrogen (secondary N) is 1. The first kappa shape index (κ1) is 33.3. The number of imidazole rings is 2. The molecule has 2 aliphatic rings. The highest BCUT2D eigenvalue weighted by Crippen LogP contribution is 2.58. The maximum absolute atomic E-state index is 13.7. The molecule has 2 aliphatic heterocycles. The van der Waals surface area contributed by atoms with Crippen molar-refractivity contribution in [1.29, 1.82) is 0 Å². The lowest BCUT2D eigenvalue weighted by Crippen LogP contribution is -2.44. The molecule has 2 unspecified atom stereocenters. The Kier molecular flexibility index (Phi) is 9.24. The molecule has 0 bridgehead atoms. The van der Waals surface area contributed by atoms with Gasteiger partial charge in [-0.2, -0.15) is 4.98 Å². The van der Waals surface area contributed by atoms with E-state index in [0.29, 0.717) is 11.2 Å². The molecule has 0 saturated carbocycles. The minimum atomic E-state index is -4.23. The van der Waals surface area contributed by atoms with E-state index in [0.717, 1.165) is 0 Å². The second-order valence-corrected chi connectivity index (χ2v) is 15.5. The van der Waals surface area contributed by atoms with Crippen LogP contribution in [0.25, 0.3) is 22.3 Å². The van der Waals surface area contributed by atoms with Gasteiger partial charge in [-0.05, 0) is 6.92 Å². The lowest BCUT2D eigenvalue weighted by molar-refractivity contribution is -0.113. The summed E-state index contributed by atoms with van der Waals surface area (Å²) in [6.07, 6.45) is -1.87. The molecule has 0 spiro atoms. The number of fused-ring (bicyclic) bond motifs is 2. The molecule has 0 aromatic carbocycles. The molecule has 0 amide bonds. The number of H-pyrrole nitrogens is 1. The summed E-state index contributed by atoms with van der Waals surface area (Å²) < 4.78 is 62.6. The van der Waals surface area contributed by atoms with Crippen LogP contribution in [0, 0.1) is 0 Å². The maximum atomic E-state index is 13.7. The first-order chi connectivity index (χ1) is 21.8. The number of methoxy groups -OCH3 is 1. The van der Waals surface area contributed by atoms with Gasteiger partial charge in [-0.3, -0.25) is 32.5 Å². The van der Waals surface area contributed by atoms with Gasteiger partial charge in [-0.25, -0.2) is 24.5 Å². The van der Waals surface area contributed by atoms with Gasteiger partial charge in [0.25, 0.3) is 5.56 Å². The Morgan fingerprint density at radius 3 is 2.63 bits per heavy atom. The fraction of sp³-hybridized carbons (Fsp3) is 0.545. The quantitative estimate of drug-likeness (QED) is 0.0926. The lowest BCUT2D eigenvalue weighted by atomic mass is 9.98. The summed E-state index contributed by atoms with van der Waals surface area (Å²) in [5.41, 5.74) is 10.3. The Hall–Kier alpha value is -2.62. The van der Waals surface area contributed by atoms with Crippen LogP contribution in [0.3, 0.4) is 0 Å². The van der Waals surface area contributed by atoms with Gasteiger partial charge < -0.3 is 35.3 Å². The molecular formula is C22H30N10O10P2S2. The van der Waals surface area contributed by atoms with Crippen molar-refractivity contribution in [2.24, 2.45) is 0 Å². The summed E-state index contributed by atoms with van der Waals surface area (Å²) in [6, 6.07) is 0. The predicted octanol–water partition coefficient (Wildman–Crippen LogP) is 0.851. The van der Waals surface area contributed by atoms with Crippen molar-refractivity contribution >= 4 is 72.6 Å². The molecule has 4 aromatic heterocycles. The Morgan fingerprint density at radius 1 is 1.20 bits per heavy atom. The standard InChI is InChI=1S/C22H30N10O10P2S2/c1-22(14(33)13(37-2)20(41-22)31-7-27-11-15(23)25-6-26-16(11)31)5-39-44(36,46)42-10-3-9(4-38-43(35)45)40-19(10)32-8-28-12-17(32)29-21(24)30-18(12)34/h6-10,13-14,19-20,33,43H,3-5H2,1-2H3,(H,35,45)(H,36,46)(H2,23,25,26)(H3,24,29,30,34)/t9-,10+,13+,14-,19+,20-,22+,44?/m0/s1. The number of aliphatic hydroxyl groups is 1. The van der Waals surface area contributed by atoms with E-state index in [1.165, 1.54) is 35.2 Å². The number of aromatic nitrogens is 8. The van der Waals surface area contributed by atoms with Crippen LogP contribution in [0.2, 0.25) is 0 Å². The second-order valence-electron chi connectivity index (χ2n) is 10.7. The molecule has 6 heterocycles. The van der Waals surface area contributed by atoms with Gasteiger partial charge in [0, 0.05) is 13.5 Å². The third-order valence-electron chi connectivity index (χ3n) is 7.59. The predicted molar refractivity (Wildman–Crippen MR) is 168 cm³/mol. The normalized spacial score (nSPS) is 30.3. The van der Waals surface area contributed by atoms with Crippen LogP contribution in [0.4, 0.5) is 11.8 Å². The summed E-state index contributed by atoms with van der Waals surface area (Å²) in [7, 11) is -1.20. The number of aromatic amines is 1. The number of thiol groups is 2. The highest BCUT2D eigenvalue weighted by molar-refractivity contribution is 8.44. The average molecular weight is 721 g/mol. The number of hydrogen-bond donors (Lipinski definition) is 6. The second kappa shape index (κ2) is 12.8. The van der Waals surface area contributed by atoms with Gasteiger partial charge in [-0.15, -0.1) is 0 Å². The Balaban J connectivity index is 1.21. The number of ether oxygens (including phenoxy) is 3. The molecule has 2 saturated heterocycles. The number of hydrogen-bond acceptors (Lipinski definition) is 17. The van der Waals surface area contributed by atoms with Gasteiger partial charge in [0.05, 0.1) is 32.0 Å². The maximum Gasteiger partial charge on any atom is 0.386 e. The first-order valence-electron chi connectivity index (χ1n) is 13.5. The molecule has 24 heteroatoms. The zero-order valence-corrected chi connectivity index (χ0v) is 27.7. The monoisotopic (exact) mass is 720 g/mol. The van der Waals surface area contributed by atoms with E-state index in [1.54, 1.807) is 6.92 Å². The summed E-state index contributed by atoms with van der Waals surface area (Å²) in [5.74, 6) is -0.00430.